The van der Waals surface area contributed by atoms with E-state index in [-0.39, 0.29) is 11.9 Å². The molecule has 0 spiro atoms. The van der Waals surface area contributed by atoms with Gasteiger partial charge in [-0.05, 0) is 38.4 Å². The average Bonchev–Trinajstić information content (AvgIpc) is 2.87. The molecular formula is C17H21FN4O. The molecule has 2 N–H and O–H groups in total. The smallest absolute Gasteiger partial charge is 0.253 e. The summed E-state index contributed by atoms with van der Waals surface area (Å²) in [6.07, 6.45) is 2.96. The van der Waals surface area contributed by atoms with Gasteiger partial charge in [0.25, 0.3) is 5.91 Å². The highest BCUT2D eigenvalue weighted by atomic mass is 19.1. The fourth-order valence-electron chi connectivity index (χ4n) is 3.85. The van der Waals surface area contributed by atoms with Gasteiger partial charge < -0.3 is 15.2 Å². The minimum absolute atomic E-state index is 0.167. The van der Waals surface area contributed by atoms with Crippen LogP contribution >= 0.6 is 0 Å². The molecule has 0 saturated carbocycles. The fraction of sp³-hybridized carbons (Fsp3) is 0.529. The van der Waals surface area contributed by atoms with Crippen LogP contribution in [0.25, 0.3) is 11.0 Å². The predicted octanol–water partition coefficient (Wildman–Crippen LogP) is 2.34. The fourth-order valence-corrected chi connectivity index (χ4v) is 3.85. The molecule has 23 heavy (non-hydrogen) atoms. The summed E-state index contributed by atoms with van der Waals surface area (Å²) in [4.78, 5) is 17.1. The molecule has 1 amide bonds. The molecule has 122 valence electrons. The van der Waals surface area contributed by atoms with Gasteiger partial charge >= 0.3 is 0 Å². The number of rotatable bonds is 2. The van der Waals surface area contributed by atoms with Crippen LogP contribution in [0.1, 0.15) is 54.3 Å². The van der Waals surface area contributed by atoms with Gasteiger partial charge in [-0.2, -0.15) is 0 Å². The molecule has 0 aliphatic carbocycles. The molecule has 0 radical (unpaired) electrons. The zero-order valence-corrected chi connectivity index (χ0v) is 13.2. The van der Waals surface area contributed by atoms with Crippen molar-refractivity contribution in [2.24, 2.45) is 0 Å². The molecule has 0 bridgehead atoms. The van der Waals surface area contributed by atoms with Crippen molar-refractivity contribution >= 4 is 16.9 Å². The first kappa shape index (κ1) is 14.6. The lowest BCUT2D eigenvalue weighted by atomic mass is 9.97. The maximum atomic E-state index is 13.9. The topological polar surface area (TPSA) is 59.0 Å². The van der Waals surface area contributed by atoms with Crippen molar-refractivity contribution in [1.82, 2.24) is 20.2 Å². The van der Waals surface area contributed by atoms with Crippen molar-refractivity contribution in [3.8, 4) is 0 Å². The van der Waals surface area contributed by atoms with Gasteiger partial charge in [-0.1, -0.05) is 6.92 Å². The van der Waals surface area contributed by atoms with Crippen molar-refractivity contribution in [2.75, 3.05) is 19.6 Å². The molecule has 1 fully saturated rings. The lowest BCUT2D eigenvalue weighted by Crippen LogP contribution is -2.30. The zero-order valence-electron chi connectivity index (χ0n) is 13.2. The Morgan fingerprint density at radius 1 is 1.35 bits per heavy atom. The van der Waals surface area contributed by atoms with Gasteiger partial charge in [0.05, 0.1) is 22.6 Å². The first-order valence-electron chi connectivity index (χ1n) is 8.39. The summed E-state index contributed by atoms with van der Waals surface area (Å²) in [5.74, 6) is 0.765. The summed E-state index contributed by atoms with van der Waals surface area (Å²) < 4.78 is 16.1. The van der Waals surface area contributed by atoms with Gasteiger partial charge in [-0.25, -0.2) is 9.37 Å². The van der Waals surface area contributed by atoms with Crippen LogP contribution in [-0.2, 0) is 0 Å². The molecule has 6 heteroatoms. The van der Waals surface area contributed by atoms with E-state index < -0.39 is 5.82 Å². The van der Waals surface area contributed by atoms with Gasteiger partial charge in [0.1, 0.15) is 11.6 Å². The number of nitrogens with one attached hydrogen (secondary N) is 2. The molecule has 2 aliphatic heterocycles. The molecule has 1 atom stereocenters. The van der Waals surface area contributed by atoms with Crippen molar-refractivity contribution in [3.63, 3.8) is 0 Å². The largest absolute Gasteiger partial charge is 0.350 e. The number of amides is 1. The van der Waals surface area contributed by atoms with Crippen LogP contribution in [0.3, 0.4) is 0 Å². The summed E-state index contributed by atoms with van der Waals surface area (Å²) in [7, 11) is 0. The van der Waals surface area contributed by atoms with Gasteiger partial charge in [-0.15, -0.1) is 0 Å². The van der Waals surface area contributed by atoms with E-state index in [4.69, 9.17) is 4.98 Å². The summed E-state index contributed by atoms with van der Waals surface area (Å²) in [5, 5.41) is 6.30. The summed E-state index contributed by atoms with van der Waals surface area (Å²) >= 11 is 0. The minimum atomic E-state index is -0.404. The molecule has 1 aromatic carbocycles. The Kier molecular flexibility index (Phi) is 3.56. The van der Waals surface area contributed by atoms with Crippen LogP contribution < -0.4 is 10.6 Å². The quantitative estimate of drug-likeness (QED) is 0.894. The zero-order chi connectivity index (χ0) is 16.0. The lowest BCUT2D eigenvalue weighted by Gasteiger charge is -2.26. The highest BCUT2D eigenvalue weighted by molar-refractivity contribution is 6.05. The number of nitrogens with zero attached hydrogens (tertiary/aromatic N) is 2. The number of piperidine rings is 1. The Labute approximate surface area is 134 Å². The van der Waals surface area contributed by atoms with Crippen molar-refractivity contribution in [2.45, 2.75) is 38.1 Å². The second-order valence-corrected chi connectivity index (χ2v) is 6.46. The summed E-state index contributed by atoms with van der Waals surface area (Å²) in [6, 6.07) is 2.95. The van der Waals surface area contributed by atoms with Crippen molar-refractivity contribution in [3.05, 3.63) is 29.3 Å². The Bertz CT molecular complexity index is 764. The second-order valence-electron chi connectivity index (χ2n) is 6.46. The molecule has 2 aromatic rings. The van der Waals surface area contributed by atoms with Crippen LogP contribution in [0.2, 0.25) is 0 Å². The molecule has 1 saturated heterocycles. The summed E-state index contributed by atoms with van der Waals surface area (Å²) in [6.45, 7) is 4.63. The standard InChI is InChI=1S/C17H21FN4O/c1-2-12-9-20-17(23)13-7-11(18)8-14-15(13)22(12)16(21-14)10-3-5-19-6-4-10/h7-8,10,12,19H,2-6,9H2,1H3,(H,20,23). The van der Waals surface area contributed by atoms with Crippen molar-refractivity contribution in [1.29, 1.82) is 0 Å². The van der Waals surface area contributed by atoms with Crippen LogP contribution in [0, 0.1) is 5.82 Å². The average molecular weight is 316 g/mol. The van der Waals surface area contributed by atoms with Crippen LogP contribution in [0.5, 0.6) is 0 Å². The van der Waals surface area contributed by atoms with E-state index >= 15 is 0 Å². The molecule has 4 rings (SSSR count). The van der Waals surface area contributed by atoms with Crippen molar-refractivity contribution < 1.29 is 9.18 Å². The van der Waals surface area contributed by atoms with E-state index in [1.54, 1.807) is 0 Å². The number of halogens is 1. The number of aromatic nitrogens is 2. The number of carbonyl (C=O) groups is 1. The third-order valence-electron chi connectivity index (χ3n) is 5.06. The molecule has 2 aliphatic rings. The Morgan fingerprint density at radius 2 is 2.13 bits per heavy atom. The summed E-state index contributed by atoms with van der Waals surface area (Å²) in [5.41, 5.74) is 1.80. The lowest BCUT2D eigenvalue weighted by molar-refractivity contribution is 0.0952. The van der Waals surface area contributed by atoms with E-state index in [0.717, 1.165) is 43.7 Å². The first-order chi connectivity index (χ1) is 11.2. The van der Waals surface area contributed by atoms with Gasteiger partial charge in [-0.3, -0.25) is 4.79 Å². The highest BCUT2D eigenvalue weighted by Crippen LogP contribution is 2.34. The normalized spacial score (nSPS) is 22.2. The maximum Gasteiger partial charge on any atom is 0.253 e. The Hall–Kier alpha value is -1.95. The first-order valence-corrected chi connectivity index (χ1v) is 8.39. The number of benzene rings is 1. The number of hydrogen-bond acceptors (Lipinski definition) is 3. The van der Waals surface area contributed by atoms with E-state index in [1.165, 1.54) is 12.1 Å². The van der Waals surface area contributed by atoms with Gasteiger partial charge in [0.2, 0.25) is 0 Å². The number of hydrogen-bond donors (Lipinski definition) is 2. The highest BCUT2D eigenvalue weighted by Gasteiger charge is 2.30. The molecule has 1 unspecified atom stereocenters. The van der Waals surface area contributed by atoms with E-state index in [2.05, 4.69) is 22.1 Å². The Morgan fingerprint density at radius 3 is 2.87 bits per heavy atom. The molecule has 5 nitrogen and oxygen atoms in total. The van der Waals surface area contributed by atoms with Crippen LogP contribution in [0.15, 0.2) is 12.1 Å². The van der Waals surface area contributed by atoms with Gasteiger partial charge in [0, 0.05) is 18.5 Å². The van der Waals surface area contributed by atoms with Gasteiger partial charge in [0.15, 0.2) is 0 Å². The van der Waals surface area contributed by atoms with E-state index in [9.17, 15) is 9.18 Å². The number of carbonyl (C=O) groups excluding carboxylic acids is 1. The van der Waals surface area contributed by atoms with E-state index in [1.807, 2.05) is 0 Å². The predicted molar refractivity (Wildman–Crippen MR) is 86.2 cm³/mol. The second kappa shape index (κ2) is 5.60. The van der Waals surface area contributed by atoms with Crippen LogP contribution in [-0.4, -0.2) is 35.1 Å². The third-order valence-corrected chi connectivity index (χ3v) is 5.06. The van der Waals surface area contributed by atoms with Crippen LogP contribution in [0.4, 0.5) is 4.39 Å². The monoisotopic (exact) mass is 316 g/mol. The molecular weight excluding hydrogens is 295 g/mol. The number of imidazole rings is 1. The minimum Gasteiger partial charge on any atom is -0.350 e. The van der Waals surface area contributed by atoms with E-state index in [0.29, 0.717) is 23.5 Å². The SMILES string of the molecule is CCC1CNC(=O)c2cc(F)cc3nc(C4CCNCC4)n1c23. The third kappa shape index (κ3) is 2.32. The maximum absolute atomic E-state index is 13.9. The molecule has 1 aromatic heterocycles. The Balaban J connectivity index is 1.98. The molecule has 3 heterocycles.